The Balaban J connectivity index is 1.42. The molecule has 0 spiro atoms. The summed E-state index contributed by atoms with van der Waals surface area (Å²) in [4.78, 5) is 18.5. The Kier molecular flexibility index (Phi) is 5.99. The average Bonchev–Trinajstić information content (AvgIpc) is 3.34. The number of hydrogen-bond acceptors (Lipinski definition) is 5. The Hall–Kier alpha value is -4.13. The van der Waals surface area contributed by atoms with Crippen molar-refractivity contribution < 1.29 is 23.7 Å². The van der Waals surface area contributed by atoms with Crippen molar-refractivity contribution in [3.8, 4) is 34.1 Å². The lowest BCUT2D eigenvalue weighted by Crippen LogP contribution is -2.36. The van der Waals surface area contributed by atoms with Crippen molar-refractivity contribution in [3.05, 3.63) is 71.4 Å². The Morgan fingerprint density at radius 2 is 1.46 bits per heavy atom. The number of nitrogens with zero attached hydrogens (tertiary/aromatic N) is 1. The first-order chi connectivity index (χ1) is 17.0. The molecule has 1 aliphatic heterocycles. The summed E-state index contributed by atoms with van der Waals surface area (Å²) in [6, 6.07) is 17.8. The van der Waals surface area contributed by atoms with E-state index in [2.05, 4.69) is 11.1 Å². The molecule has 3 aromatic carbocycles. The SMILES string of the molecule is COc1cc(OC)cc(-c2ccc3[nH]c(C(=O)N4CCc5cc(OC)c(OC)cc5C4)cc3c2)c1. The van der Waals surface area contributed by atoms with Gasteiger partial charge in [0, 0.05) is 30.1 Å². The van der Waals surface area contributed by atoms with E-state index in [9.17, 15) is 4.79 Å². The molecule has 0 bridgehead atoms. The lowest BCUT2D eigenvalue weighted by Gasteiger charge is -2.29. The first-order valence-electron chi connectivity index (χ1n) is 11.4. The summed E-state index contributed by atoms with van der Waals surface area (Å²) in [5.74, 6) is 2.82. The van der Waals surface area contributed by atoms with Gasteiger partial charge in [0.1, 0.15) is 17.2 Å². The van der Waals surface area contributed by atoms with Gasteiger partial charge in [-0.25, -0.2) is 0 Å². The zero-order valence-electron chi connectivity index (χ0n) is 20.3. The van der Waals surface area contributed by atoms with Crippen molar-refractivity contribution in [1.82, 2.24) is 9.88 Å². The summed E-state index contributed by atoms with van der Waals surface area (Å²) in [5.41, 5.74) is 5.74. The largest absolute Gasteiger partial charge is 0.497 e. The van der Waals surface area contributed by atoms with Gasteiger partial charge in [-0.3, -0.25) is 4.79 Å². The van der Waals surface area contributed by atoms with Crippen LogP contribution in [0.2, 0.25) is 0 Å². The molecule has 180 valence electrons. The van der Waals surface area contributed by atoms with Crippen LogP contribution in [0.3, 0.4) is 0 Å². The van der Waals surface area contributed by atoms with E-state index in [1.54, 1.807) is 28.4 Å². The molecule has 0 saturated heterocycles. The number of fused-ring (bicyclic) bond motifs is 2. The van der Waals surface area contributed by atoms with Crippen LogP contribution in [0, 0.1) is 0 Å². The van der Waals surface area contributed by atoms with E-state index in [1.807, 2.05) is 53.4 Å². The fourth-order valence-electron chi connectivity index (χ4n) is 4.63. The van der Waals surface area contributed by atoms with E-state index in [0.29, 0.717) is 30.3 Å². The van der Waals surface area contributed by atoms with Crippen LogP contribution in [0.25, 0.3) is 22.0 Å². The summed E-state index contributed by atoms with van der Waals surface area (Å²) < 4.78 is 21.7. The minimum Gasteiger partial charge on any atom is -0.497 e. The monoisotopic (exact) mass is 472 g/mol. The number of benzene rings is 3. The van der Waals surface area contributed by atoms with Crippen LogP contribution >= 0.6 is 0 Å². The zero-order valence-corrected chi connectivity index (χ0v) is 20.3. The molecule has 0 radical (unpaired) electrons. The van der Waals surface area contributed by atoms with E-state index in [1.165, 1.54) is 5.56 Å². The fraction of sp³-hybridized carbons (Fsp3) is 0.250. The van der Waals surface area contributed by atoms with Gasteiger partial charge in [0.15, 0.2) is 11.5 Å². The van der Waals surface area contributed by atoms with E-state index >= 15 is 0 Å². The van der Waals surface area contributed by atoms with E-state index in [4.69, 9.17) is 18.9 Å². The number of amides is 1. The number of methoxy groups -OCH3 is 4. The van der Waals surface area contributed by atoms with Crippen LogP contribution in [-0.2, 0) is 13.0 Å². The van der Waals surface area contributed by atoms with Crippen LogP contribution in [-0.4, -0.2) is 50.8 Å². The van der Waals surface area contributed by atoms with Gasteiger partial charge in [-0.2, -0.15) is 0 Å². The van der Waals surface area contributed by atoms with Crippen molar-refractivity contribution in [2.45, 2.75) is 13.0 Å². The lowest BCUT2D eigenvalue weighted by atomic mass is 9.98. The highest BCUT2D eigenvalue weighted by atomic mass is 16.5. The second-order valence-electron chi connectivity index (χ2n) is 8.54. The van der Waals surface area contributed by atoms with Gasteiger partial charge in [0.2, 0.25) is 0 Å². The number of ether oxygens (including phenoxy) is 4. The van der Waals surface area contributed by atoms with Crippen molar-refractivity contribution in [2.24, 2.45) is 0 Å². The molecule has 1 aliphatic rings. The molecule has 7 nitrogen and oxygen atoms in total. The quantitative estimate of drug-likeness (QED) is 0.424. The molecule has 0 aliphatic carbocycles. The van der Waals surface area contributed by atoms with Crippen LogP contribution < -0.4 is 18.9 Å². The summed E-state index contributed by atoms with van der Waals surface area (Å²) in [6.45, 7) is 1.17. The first kappa shape index (κ1) is 22.7. The van der Waals surface area contributed by atoms with Gasteiger partial charge in [0.05, 0.1) is 28.4 Å². The molecule has 7 heteroatoms. The Morgan fingerprint density at radius 1 is 0.771 bits per heavy atom. The fourth-order valence-corrected chi connectivity index (χ4v) is 4.63. The Morgan fingerprint density at radius 3 is 2.11 bits per heavy atom. The topological polar surface area (TPSA) is 73.0 Å². The Bertz CT molecular complexity index is 1390. The van der Waals surface area contributed by atoms with Crippen LogP contribution in [0.5, 0.6) is 23.0 Å². The number of carbonyl (C=O) groups excluding carboxylic acids is 1. The number of rotatable bonds is 6. The van der Waals surface area contributed by atoms with Gasteiger partial charge in [0.25, 0.3) is 5.91 Å². The Labute approximate surface area is 204 Å². The summed E-state index contributed by atoms with van der Waals surface area (Å²) >= 11 is 0. The third kappa shape index (κ3) is 4.25. The molecule has 1 amide bonds. The highest BCUT2D eigenvalue weighted by Gasteiger charge is 2.25. The van der Waals surface area contributed by atoms with E-state index in [0.717, 1.165) is 45.5 Å². The van der Waals surface area contributed by atoms with Crippen LogP contribution in [0.4, 0.5) is 0 Å². The average molecular weight is 473 g/mol. The normalized spacial score (nSPS) is 12.9. The first-order valence-corrected chi connectivity index (χ1v) is 11.4. The van der Waals surface area contributed by atoms with Gasteiger partial charge in [-0.1, -0.05) is 6.07 Å². The third-order valence-electron chi connectivity index (χ3n) is 6.54. The van der Waals surface area contributed by atoms with Crippen molar-refractivity contribution in [3.63, 3.8) is 0 Å². The summed E-state index contributed by atoms with van der Waals surface area (Å²) in [7, 11) is 6.53. The number of aromatic nitrogens is 1. The maximum atomic E-state index is 13.4. The maximum Gasteiger partial charge on any atom is 0.270 e. The molecule has 4 aromatic rings. The molecule has 5 rings (SSSR count). The smallest absolute Gasteiger partial charge is 0.270 e. The molecular weight excluding hydrogens is 444 g/mol. The van der Waals surface area contributed by atoms with Crippen molar-refractivity contribution >= 4 is 16.8 Å². The predicted molar refractivity (Wildman–Crippen MR) is 135 cm³/mol. The lowest BCUT2D eigenvalue weighted by molar-refractivity contribution is 0.0729. The maximum absolute atomic E-state index is 13.4. The third-order valence-corrected chi connectivity index (χ3v) is 6.54. The molecule has 0 saturated carbocycles. The highest BCUT2D eigenvalue weighted by molar-refractivity contribution is 5.99. The second-order valence-corrected chi connectivity index (χ2v) is 8.54. The molecule has 1 aromatic heterocycles. The standard InChI is InChI=1S/C28H28N2O5/c1-32-22-10-19(11-23(15-22)33-2)17-5-6-24-20(9-17)12-25(29-24)28(31)30-8-7-18-13-26(34-3)27(35-4)14-21(18)16-30/h5-6,9-15,29H,7-8,16H2,1-4H3. The van der Waals surface area contributed by atoms with E-state index < -0.39 is 0 Å². The molecule has 2 heterocycles. The van der Waals surface area contributed by atoms with Crippen LogP contribution in [0.1, 0.15) is 21.6 Å². The minimum absolute atomic E-state index is 0.0220. The van der Waals surface area contributed by atoms with Gasteiger partial charge < -0.3 is 28.8 Å². The van der Waals surface area contributed by atoms with E-state index in [-0.39, 0.29) is 5.91 Å². The number of H-pyrrole nitrogens is 1. The molecule has 35 heavy (non-hydrogen) atoms. The molecular formula is C28H28N2O5. The van der Waals surface area contributed by atoms with Gasteiger partial charge in [-0.15, -0.1) is 0 Å². The van der Waals surface area contributed by atoms with Crippen molar-refractivity contribution in [2.75, 3.05) is 35.0 Å². The molecule has 1 N–H and O–H groups in total. The number of aromatic amines is 1. The van der Waals surface area contributed by atoms with Gasteiger partial charge >= 0.3 is 0 Å². The van der Waals surface area contributed by atoms with Crippen molar-refractivity contribution in [1.29, 1.82) is 0 Å². The predicted octanol–water partition coefficient (Wildman–Crippen LogP) is 5.07. The number of carbonyl (C=O) groups is 1. The molecule has 0 fully saturated rings. The van der Waals surface area contributed by atoms with Gasteiger partial charge in [-0.05, 0) is 71.1 Å². The molecule has 0 atom stereocenters. The number of hydrogen-bond donors (Lipinski definition) is 1. The summed E-state index contributed by atoms with van der Waals surface area (Å²) in [5, 5.41) is 0.969. The second kappa shape index (κ2) is 9.25. The summed E-state index contributed by atoms with van der Waals surface area (Å²) in [6.07, 6.45) is 0.767. The van der Waals surface area contributed by atoms with Crippen LogP contribution in [0.15, 0.2) is 54.6 Å². The molecule has 0 unspecified atom stereocenters. The highest BCUT2D eigenvalue weighted by Crippen LogP contribution is 2.34. The minimum atomic E-state index is -0.0220. The number of nitrogens with one attached hydrogen (secondary N) is 1. The zero-order chi connectivity index (χ0) is 24.5.